The highest BCUT2D eigenvalue weighted by Crippen LogP contribution is 2.37. The van der Waals surface area contributed by atoms with Crippen LogP contribution in [0.25, 0.3) is 11.1 Å². The molecule has 0 aliphatic carbocycles. The highest BCUT2D eigenvalue weighted by atomic mass is 16.5. The lowest BCUT2D eigenvalue weighted by molar-refractivity contribution is 0.0938. The fourth-order valence-electron chi connectivity index (χ4n) is 3.11. The first-order valence-electron chi connectivity index (χ1n) is 8.67. The van der Waals surface area contributed by atoms with Crippen molar-refractivity contribution in [3.63, 3.8) is 0 Å². The Labute approximate surface area is 157 Å². The maximum atomic E-state index is 12.7. The molecule has 1 amide bonds. The van der Waals surface area contributed by atoms with Crippen LogP contribution in [0.2, 0.25) is 0 Å². The van der Waals surface area contributed by atoms with Crippen molar-refractivity contribution in [3.05, 3.63) is 71.7 Å². The highest BCUT2D eigenvalue weighted by Gasteiger charge is 2.20. The summed E-state index contributed by atoms with van der Waals surface area (Å²) in [4.78, 5) is 21.2. The third kappa shape index (κ3) is 3.33. The third-order valence-electron chi connectivity index (χ3n) is 4.57. The van der Waals surface area contributed by atoms with Crippen LogP contribution in [-0.2, 0) is 6.61 Å². The standard InChI is InChI=1S/C21H19N3O3/c1-13(18-4-3-5-20(24-18)26-2)23-21(25)14-6-7-17-16-8-9-22-11-15(16)12-27-19(17)10-14/h3-11,13H,12H2,1-2H3,(H,23,25). The van der Waals surface area contributed by atoms with Crippen molar-refractivity contribution in [2.24, 2.45) is 0 Å². The molecule has 136 valence electrons. The third-order valence-corrected chi connectivity index (χ3v) is 4.57. The number of aromatic nitrogens is 2. The zero-order chi connectivity index (χ0) is 18.8. The van der Waals surface area contributed by atoms with Crippen LogP contribution in [0.5, 0.6) is 11.6 Å². The van der Waals surface area contributed by atoms with Gasteiger partial charge in [0.15, 0.2) is 0 Å². The van der Waals surface area contributed by atoms with Crippen molar-refractivity contribution in [1.82, 2.24) is 15.3 Å². The number of ether oxygens (including phenoxy) is 2. The molecular weight excluding hydrogens is 342 g/mol. The van der Waals surface area contributed by atoms with E-state index in [-0.39, 0.29) is 11.9 Å². The van der Waals surface area contributed by atoms with Crippen LogP contribution in [0.1, 0.15) is 34.6 Å². The number of methoxy groups -OCH3 is 1. The molecule has 0 fully saturated rings. The summed E-state index contributed by atoms with van der Waals surface area (Å²) in [5, 5.41) is 2.97. The van der Waals surface area contributed by atoms with E-state index in [1.54, 1.807) is 31.5 Å². The van der Waals surface area contributed by atoms with Gasteiger partial charge in [-0.15, -0.1) is 0 Å². The number of hydrogen-bond donors (Lipinski definition) is 1. The number of nitrogens with one attached hydrogen (secondary N) is 1. The molecule has 1 aromatic carbocycles. The molecule has 4 rings (SSSR count). The Balaban J connectivity index is 1.55. The molecule has 3 heterocycles. The predicted octanol–water partition coefficient (Wildman–Crippen LogP) is 3.54. The van der Waals surface area contributed by atoms with Crippen LogP contribution in [0.3, 0.4) is 0 Å². The largest absolute Gasteiger partial charge is 0.488 e. The second-order valence-electron chi connectivity index (χ2n) is 6.33. The summed E-state index contributed by atoms with van der Waals surface area (Å²) >= 11 is 0. The Morgan fingerprint density at radius 2 is 2.11 bits per heavy atom. The average Bonchev–Trinajstić information content (AvgIpc) is 2.73. The van der Waals surface area contributed by atoms with Gasteiger partial charge in [-0.3, -0.25) is 9.78 Å². The molecule has 27 heavy (non-hydrogen) atoms. The fourth-order valence-corrected chi connectivity index (χ4v) is 3.11. The molecule has 6 nitrogen and oxygen atoms in total. The van der Waals surface area contributed by atoms with Crippen molar-refractivity contribution < 1.29 is 14.3 Å². The van der Waals surface area contributed by atoms with Crippen LogP contribution in [0, 0.1) is 0 Å². The summed E-state index contributed by atoms with van der Waals surface area (Å²) in [5.74, 6) is 1.04. The maximum Gasteiger partial charge on any atom is 0.251 e. The summed E-state index contributed by atoms with van der Waals surface area (Å²) in [5.41, 5.74) is 4.38. The highest BCUT2D eigenvalue weighted by molar-refractivity contribution is 5.96. The van der Waals surface area contributed by atoms with Crippen molar-refractivity contribution in [3.8, 4) is 22.8 Å². The number of pyridine rings is 2. The first-order valence-corrected chi connectivity index (χ1v) is 8.67. The number of carbonyl (C=O) groups is 1. The minimum Gasteiger partial charge on any atom is -0.488 e. The smallest absolute Gasteiger partial charge is 0.251 e. The lowest BCUT2D eigenvalue weighted by atomic mass is 9.97. The Bertz CT molecular complexity index is 1000. The van der Waals surface area contributed by atoms with Crippen LogP contribution >= 0.6 is 0 Å². The summed E-state index contributed by atoms with van der Waals surface area (Å²) in [6, 6.07) is 12.7. The van der Waals surface area contributed by atoms with E-state index in [1.807, 2.05) is 37.4 Å². The van der Waals surface area contributed by atoms with Gasteiger partial charge in [-0.1, -0.05) is 6.07 Å². The Morgan fingerprint density at radius 3 is 2.96 bits per heavy atom. The van der Waals surface area contributed by atoms with Gasteiger partial charge in [0.25, 0.3) is 5.91 Å². The van der Waals surface area contributed by atoms with Crippen molar-refractivity contribution in [1.29, 1.82) is 0 Å². The van der Waals surface area contributed by atoms with Gasteiger partial charge in [-0.25, -0.2) is 4.98 Å². The van der Waals surface area contributed by atoms with Crippen LogP contribution in [0.4, 0.5) is 0 Å². The molecule has 6 heteroatoms. The van der Waals surface area contributed by atoms with E-state index in [0.29, 0.717) is 23.8 Å². The Kier molecular flexibility index (Phi) is 4.46. The monoisotopic (exact) mass is 361 g/mol. The van der Waals surface area contributed by atoms with Crippen molar-refractivity contribution >= 4 is 5.91 Å². The van der Waals surface area contributed by atoms with Crippen LogP contribution < -0.4 is 14.8 Å². The van der Waals surface area contributed by atoms with Crippen molar-refractivity contribution in [2.75, 3.05) is 7.11 Å². The Hall–Kier alpha value is -3.41. The fraction of sp³-hybridized carbons (Fsp3) is 0.190. The average molecular weight is 361 g/mol. The van der Waals surface area contributed by atoms with E-state index in [1.165, 1.54) is 0 Å². The maximum absolute atomic E-state index is 12.7. The molecule has 3 aromatic rings. The molecule has 1 unspecified atom stereocenters. The predicted molar refractivity (Wildman–Crippen MR) is 101 cm³/mol. The number of rotatable bonds is 4. The normalized spacial score (nSPS) is 13.0. The zero-order valence-electron chi connectivity index (χ0n) is 15.1. The lowest BCUT2D eigenvalue weighted by Crippen LogP contribution is -2.27. The van der Waals surface area contributed by atoms with Gasteiger partial charge in [0.1, 0.15) is 12.4 Å². The molecule has 0 spiro atoms. The van der Waals surface area contributed by atoms with E-state index in [9.17, 15) is 4.79 Å². The van der Waals surface area contributed by atoms with E-state index in [4.69, 9.17) is 9.47 Å². The first-order chi connectivity index (χ1) is 13.2. The number of benzene rings is 1. The Morgan fingerprint density at radius 1 is 1.22 bits per heavy atom. The summed E-state index contributed by atoms with van der Waals surface area (Å²) in [6.45, 7) is 2.34. The summed E-state index contributed by atoms with van der Waals surface area (Å²) in [6.07, 6.45) is 3.57. The zero-order valence-corrected chi connectivity index (χ0v) is 15.1. The number of amides is 1. The van der Waals surface area contributed by atoms with E-state index in [0.717, 1.165) is 22.4 Å². The van der Waals surface area contributed by atoms with Gasteiger partial charge < -0.3 is 14.8 Å². The summed E-state index contributed by atoms with van der Waals surface area (Å²) in [7, 11) is 1.57. The van der Waals surface area contributed by atoms with Crippen LogP contribution in [-0.4, -0.2) is 23.0 Å². The van der Waals surface area contributed by atoms with Gasteiger partial charge in [0.05, 0.1) is 18.8 Å². The van der Waals surface area contributed by atoms with Gasteiger partial charge in [0, 0.05) is 35.2 Å². The number of hydrogen-bond acceptors (Lipinski definition) is 5. The SMILES string of the molecule is COc1cccc(C(C)NC(=O)c2ccc3c(c2)OCc2cnccc2-3)n1. The van der Waals surface area contributed by atoms with Crippen molar-refractivity contribution in [2.45, 2.75) is 19.6 Å². The molecule has 1 N–H and O–H groups in total. The van der Waals surface area contributed by atoms with Crippen LogP contribution in [0.15, 0.2) is 54.9 Å². The molecule has 1 aliphatic heterocycles. The second-order valence-corrected chi connectivity index (χ2v) is 6.33. The van der Waals surface area contributed by atoms with Gasteiger partial charge in [-0.2, -0.15) is 0 Å². The molecule has 2 aromatic heterocycles. The molecule has 0 radical (unpaired) electrons. The van der Waals surface area contributed by atoms with E-state index in [2.05, 4.69) is 15.3 Å². The van der Waals surface area contributed by atoms with E-state index < -0.39 is 0 Å². The lowest BCUT2D eigenvalue weighted by Gasteiger charge is -2.21. The van der Waals surface area contributed by atoms with Gasteiger partial charge >= 0.3 is 0 Å². The quantitative estimate of drug-likeness (QED) is 0.769. The molecular formula is C21H19N3O3. The number of fused-ring (bicyclic) bond motifs is 3. The number of carbonyl (C=O) groups excluding carboxylic acids is 1. The molecule has 1 aliphatic rings. The number of nitrogens with zero attached hydrogens (tertiary/aromatic N) is 2. The first kappa shape index (κ1) is 17.0. The second kappa shape index (κ2) is 7.07. The van der Waals surface area contributed by atoms with Gasteiger partial charge in [-0.05, 0) is 42.8 Å². The topological polar surface area (TPSA) is 73.3 Å². The summed E-state index contributed by atoms with van der Waals surface area (Å²) < 4.78 is 11.0. The molecule has 0 saturated carbocycles. The van der Waals surface area contributed by atoms with E-state index >= 15 is 0 Å². The molecule has 0 saturated heterocycles. The minimum absolute atomic E-state index is 0.181. The van der Waals surface area contributed by atoms with Gasteiger partial charge in [0.2, 0.25) is 5.88 Å². The molecule has 0 bridgehead atoms. The minimum atomic E-state index is -0.253. The molecule has 1 atom stereocenters.